The second kappa shape index (κ2) is 10.2. The third kappa shape index (κ3) is 5.70. The normalized spacial score (nSPS) is 19.5. The molecule has 0 bridgehead atoms. The number of ether oxygens (including phenoxy) is 1. The Balaban J connectivity index is 1.80. The fourth-order valence-electron chi connectivity index (χ4n) is 4.32. The highest BCUT2D eigenvalue weighted by Crippen LogP contribution is 2.35. The van der Waals surface area contributed by atoms with Crippen LogP contribution in [0.2, 0.25) is 0 Å². The molecule has 1 saturated heterocycles. The standard InChI is InChI=1S/C24H33FN2O3/c1-17(2)24(28)27(10-11-29-4)14-20-13-26(15-22-9-8-18(3)30-22)16-23(20)19-6-5-7-21(25)12-19/h5-9,12,17,20,23H,10-11,13-16H2,1-4H3/t20-,23-/m1/s1. The second-order valence-electron chi connectivity index (χ2n) is 8.56. The van der Waals surface area contributed by atoms with E-state index < -0.39 is 0 Å². The molecule has 2 aromatic rings. The molecular weight excluding hydrogens is 383 g/mol. The molecule has 0 N–H and O–H groups in total. The van der Waals surface area contributed by atoms with Crippen LogP contribution in [0.3, 0.4) is 0 Å². The lowest BCUT2D eigenvalue weighted by Crippen LogP contribution is -2.41. The van der Waals surface area contributed by atoms with Crippen molar-refractivity contribution in [3.63, 3.8) is 0 Å². The van der Waals surface area contributed by atoms with Gasteiger partial charge in [0.2, 0.25) is 5.91 Å². The maximum absolute atomic E-state index is 13.9. The maximum atomic E-state index is 13.9. The Morgan fingerprint density at radius 2 is 2.10 bits per heavy atom. The molecule has 1 aliphatic heterocycles. The minimum absolute atomic E-state index is 0.0712. The van der Waals surface area contributed by atoms with Gasteiger partial charge >= 0.3 is 0 Å². The summed E-state index contributed by atoms with van der Waals surface area (Å²) in [5, 5.41) is 0. The predicted octanol–water partition coefficient (Wildman–Crippen LogP) is 4.07. The maximum Gasteiger partial charge on any atom is 0.225 e. The Hall–Kier alpha value is -2.18. The van der Waals surface area contributed by atoms with E-state index in [4.69, 9.17) is 9.15 Å². The van der Waals surface area contributed by atoms with Crippen molar-refractivity contribution in [2.75, 3.05) is 39.9 Å². The monoisotopic (exact) mass is 416 g/mol. The number of furan rings is 1. The van der Waals surface area contributed by atoms with Crippen molar-refractivity contribution in [1.82, 2.24) is 9.80 Å². The van der Waals surface area contributed by atoms with Gasteiger partial charge in [0.05, 0.1) is 13.2 Å². The molecule has 6 heteroatoms. The average molecular weight is 417 g/mol. The predicted molar refractivity (Wildman–Crippen MR) is 115 cm³/mol. The van der Waals surface area contributed by atoms with Crippen molar-refractivity contribution < 1.29 is 18.3 Å². The summed E-state index contributed by atoms with van der Waals surface area (Å²) in [5.41, 5.74) is 0.988. The van der Waals surface area contributed by atoms with Crippen LogP contribution in [0, 0.1) is 24.6 Å². The molecule has 30 heavy (non-hydrogen) atoms. The molecule has 1 aromatic carbocycles. The summed E-state index contributed by atoms with van der Waals surface area (Å²) >= 11 is 0. The van der Waals surface area contributed by atoms with Crippen LogP contribution in [-0.2, 0) is 16.1 Å². The summed E-state index contributed by atoms with van der Waals surface area (Å²) in [6.07, 6.45) is 0. The van der Waals surface area contributed by atoms with E-state index in [-0.39, 0.29) is 29.5 Å². The van der Waals surface area contributed by atoms with Crippen LogP contribution in [0.15, 0.2) is 40.8 Å². The molecule has 0 spiro atoms. The Bertz CT molecular complexity index is 835. The van der Waals surface area contributed by atoms with Crippen molar-refractivity contribution in [2.24, 2.45) is 11.8 Å². The molecule has 1 aromatic heterocycles. The van der Waals surface area contributed by atoms with Crippen LogP contribution in [-0.4, -0.2) is 55.6 Å². The number of hydrogen-bond acceptors (Lipinski definition) is 4. The van der Waals surface area contributed by atoms with Gasteiger partial charge in [0.25, 0.3) is 0 Å². The number of amides is 1. The lowest BCUT2D eigenvalue weighted by Gasteiger charge is -2.29. The third-order valence-corrected chi connectivity index (χ3v) is 5.79. The number of aryl methyl sites for hydroxylation is 1. The number of halogens is 1. The molecule has 3 rings (SSSR count). The fraction of sp³-hybridized carbons (Fsp3) is 0.542. The van der Waals surface area contributed by atoms with Crippen LogP contribution in [0.1, 0.15) is 36.8 Å². The first-order chi connectivity index (χ1) is 14.4. The van der Waals surface area contributed by atoms with Gasteiger partial charge in [0.1, 0.15) is 17.3 Å². The zero-order chi connectivity index (χ0) is 21.7. The SMILES string of the molecule is COCCN(C[C@H]1CN(Cc2ccc(C)o2)C[C@@H]1c1cccc(F)c1)C(=O)C(C)C. The van der Waals surface area contributed by atoms with Crippen molar-refractivity contribution in [1.29, 1.82) is 0 Å². The molecule has 1 aliphatic rings. The summed E-state index contributed by atoms with van der Waals surface area (Å²) in [7, 11) is 1.65. The quantitative estimate of drug-likeness (QED) is 0.618. The summed E-state index contributed by atoms with van der Waals surface area (Å²) in [6.45, 7) is 9.84. The molecule has 1 amide bonds. The molecule has 0 unspecified atom stereocenters. The van der Waals surface area contributed by atoms with Gasteiger partial charge in [-0.05, 0) is 42.7 Å². The van der Waals surface area contributed by atoms with Crippen LogP contribution in [0.4, 0.5) is 4.39 Å². The van der Waals surface area contributed by atoms with E-state index in [1.54, 1.807) is 19.2 Å². The van der Waals surface area contributed by atoms with Gasteiger partial charge in [-0.1, -0.05) is 26.0 Å². The summed E-state index contributed by atoms with van der Waals surface area (Å²) in [4.78, 5) is 17.0. The topological polar surface area (TPSA) is 45.9 Å². The van der Waals surface area contributed by atoms with Gasteiger partial charge in [0, 0.05) is 45.1 Å². The fourth-order valence-corrected chi connectivity index (χ4v) is 4.32. The van der Waals surface area contributed by atoms with Gasteiger partial charge < -0.3 is 14.1 Å². The molecule has 2 atom stereocenters. The third-order valence-electron chi connectivity index (χ3n) is 5.79. The van der Waals surface area contributed by atoms with Crippen molar-refractivity contribution in [3.8, 4) is 0 Å². The molecular formula is C24H33FN2O3. The molecule has 164 valence electrons. The number of likely N-dealkylation sites (tertiary alicyclic amines) is 1. The van der Waals surface area contributed by atoms with E-state index >= 15 is 0 Å². The molecule has 5 nitrogen and oxygen atoms in total. The van der Waals surface area contributed by atoms with E-state index in [0.717, 1.165) is 30.2 Å². The summed E-state index contributed by atoms with van der Waals surface area (Å²) < 4.78 is 24.9. The Kier molecular flexibility index (Phi) is 7.67. The first kappa shape index (κ1) is 22.5. The highest BCUT2D eigenvalue weighted by Gasteiger charge is 2.36. The van der Waals surface area contributed by atoms with Gasteiger partial charge in [0.15, 0.2) is 0 Å². The number of methoxy groups -OCH3 is 1. The smallest absolute Gasteiger partial charge is 0.225 e. The highest BCUT2D eigenvalue weighted by atomic mass is 19.1. The number of nitrogens with zero attached hydrogens (tertiary/aromatic N) is 2. The van der Waals surface area contributed by atoms with Crippen LogP contribution in [0.25, 0.3) is 0 Å². The second-order valence-corrected chi connectivity index (χ2v) is 8.56. The number of carbonyl (C=O) groups excluding carboxylic acids is 1. The zero-order valence-electron chi connectivity index (χ0n) is 18.4. The minimum Gasteiger partial charge on any atom is -0.465 e. The highest BCUT2D eigenvalue weighted by molar-refractivity contribution is 5.78. The van der Waals surface area contributed by atoms with E-state index in [9.17, 15) is 9.18 Å². The molecule has 0 radical (unpaired) electrons. The summed E-state index contributed by atoms with van der Waals surface area (Å²) in [6, 6.07) is 10.8. The Labute approximate surface area is 178 Å². The number of hydrogen-bond donors (Lipinski definition) is 0. The lowest BCUT2D eigenvalue weighted by molar-refractivity contribution is -0.135. The molecule has 2 heterocycles. The van der Waals surface area contributed by atoms with Crippen LogP contribution < -0.4 is 0 Å². The van der Waals surface area contributed by atoms with E-state index in [2.05, 4.69) is 4.90 Å². The zero-order valence-corrected chi connectivity index (χ0v) is 18.4. The van der Waals surface area contributed by atoms with Crippen molar-refractivity contribution in [3.05, 3.63) is 59.3 Å². The molecule has 0 aliphatic carbocycles. The average Bonchev–Trinajstić information content (AvgIpc) is 3.30. The van der Waals surface area contributed by atoms with Gasteiger partial charge in [-0.3, -0.25) is 9.69 Å². The first-order valence-corrected chi connectivity index (χ1v) is 10.7. The largest absolute Gasteiger partial charge is 0.465 e. The van der Waals surface area contributed by atoms with Gasteiger partial charge in [-0.15, -0.1) is 0 Å². The van der Waals surface area contributed by atoms with E-state index in [1.807, 2.05) is 43.9 Å². The van der Waals surface area contributed by atoms with Crippen LogP contribution >= 0.6 is 0 Å². The molecule has 0 saturated carbocycles. The number of carbonyl (C=O) groups is 1. The minimum atomic E-state index is -0.221. The van der Waals surface area contributed by atoms with Gasteiger partial charge in [-0.2, -0.15) is 0 Å². The summed E-state index contributed by atoms with van der Waals surface area (Å²) in [5.74, 6) is 2.03. The van der Waals surface area contributed by atoms with E-state index in [0.29, 0.717) is 26.2 Å². The van der Waals surface area contributed by atoms with Crippen LogP contribution in [0.5, 0.6) is 0 Å². The molecule has 1 fully saturated rings. The lowest BCUT2D eigenvalue weighted by atomic mass is 9.88. The van der Waals surface area contributed by atoms with E-state index in [1.165, 1.54) is 6.07 Å². The Morgan fingerprint density at radius 1 is 1.30 bits per heavy atom. The van der Waals surface area contributed by atoms with Crippen molar-refractivity contribution in [2.45, 2.75) is 33.2 Å². The van der Waals surface area contributed by atoms with Gasteiger partial charge in [-0.25, -0.2) is 4.39 Å². The van der Waals surface area contributed by atoms with Crippen molar-refractivity contribution >= 4 is 5.91 Å². The number of benzene rings is 1. The Morgan fingerprint density at radius 3 is 2.73 bits per heavy atom. The number of rotatable bonds is 9. The first-order valence-electron chi connectivity index (χ1n) is 10.7.